The second-order valence-corrected chi connectivity index (χ2v) is 4.80. The Balaban J connectivity index is 1.99. The van der Waals surface area contributed by atoms with Gasteiger partial charge in [0.1, 0.15) is 11.6 Å². The SMILES string of the molecule is Nc1ncccc1CN1C(=O)CCc2ccc(F)cc21. The van der Waals surface area contributed by atoms with E-state index < -0.39 is 0 Å². The average Bonchev–Trinajstić information content (AvgIpc) is 2.44. The molecule has 0 saturated carbocycles. The number of fused-ring (bicyclic) bond motifs is 1. The van der Waals surface area contributed by atoms with E-state index in [2.05, 4.69) is 4.98 Å². The van der Waals surface area contributed by atoms with Crippen molar-refractivity contribution in [1.82, 2.24) is 4.98 Å². The molecule has 3 rings (SSSR count). The first-order valence-corrected chi connectivity index (χ1v) is 6.43. The predicted octanol–water partition coefficient (Wildman–Crippen LogP) is 2.28. The zero-order valence-electron chi connectivity index (χ0n) is 10.8. The molecule has 5 heteroatoms. The van der Waals surface area contributed by atoms with E-state index in [0.717, 1.165) is 11.1 Å². The van der Waals surface area contributed by atoms with Gasteiger partial charge >= 0.3 is 0 Å². The van der Waals surface area contributed by atoms with E-state index >= 15 is 0 Å². The van der Waals surface area contributed by atoms with Crippen LogP contribution < -0.4 is 10.6 Å². The summed E-state index contributed by atoms with van der Waals surface area (Å²) in [7, 11) is 0. The van der Waals surface area contributed by atoms with E-state index in [1.165, 1.54) is 12.1 Å². The predicted molar refractivity (Wildman–Crippen MR) is 74.6 cm³/mol. The van der Waals surface area contributed by atoms with E-state index in [-0.39, 0.29) is 11.7 Å². The molecule has 0 saturated heterocycles. The Hall–Kier alpha value is -2.43. The number of pyridine rings is 1. The number of benzene rings is 1. The molecule has 0 fully saturated rings. The third-order valence-corrected chi connectivity index (χ3v) is 3.50. The summed E-state index contributed by atoms with van der Waals surface area (Å²) < 4.78 is 13.4. The van der Waals surface area contributed by atoms with Gasteiger partial charge < -0.3 is 10.6 Å². The molecule has 1 aromatic carbocycles. The van der Waals surface area contributed by atoms with Crippen LogP contribution in [0.1, 0.15) is 17.5 Å². The van der Waals surface area contributed by atoms with E-state index in [9.17, 15) is 9.18 Å². The highest BCUT2D eigenvalue weighted by molar-refractivity contribution is 5.96. The lowest BCUT2D eigenvalue weighted by atomic mass is 10.0. The summed E-state index contributed by atoms with van der Waals surface area (Å²) in [5, 5.41) is 0. The standard InChI is InChI=1S/C15H14FN3O/c16-12-5-3-10-4-6-14(20)19(13(10)8-12)9-11-2-1-7-18-15(11)17/h1-3,5,7-8H,4,6,9H2,(H2,17,18). The summed E-state index contributed by atoms with van der Waals surface area (Å²) in [4.78, 5) is 17.7. The van der Waals surface area contributed by atoms with Crippen LogP contribution in [0.3, 0.4) is 0 Å². The van der Waals surface area contributed by atoms with Crippen LogP contribution in [0, 0.1) is 5.82 Å². The van der Waals surface area contributed by atoms with Crippen LogP contribution in [-0.2, 0) is 17.8 Å². The van der Waals surface area contributed by atoms with Crippen molar-refractivity contribution in [2.24, 2.45) is 0 Å². The lowest BCUT2D eigenvalue weighted by Gasteiger charge is -2.29. The molecule has 0 aliphatic carbocycles. The monoisotopic (exact) mass is 271 g/mol. The second-order valence-electron chi connectivity index (χ2n) is 4.80. The normalized spacial score (nSPS) is 14.2. The first-order chi connectivity index (χ1) is 9.65. The third kappa shape index (κ3) is 2.22. The molecule has 0 bridgehead atoms. The van der Waals surface area contributed by atoms with Gasteiger partial charge in [-0.05, 0) is 30.2 Å². The Morgan fingerprint density at radius 2 is 2.15 bits per heavy atom. The summed E-state index contributed by atoms with van der Waals surface area (Å²) in [5.41, 5.74) is 8.18. The molecular formula is C15H14FN3O. The molecule has 2 heterocycles. The second kappa shape index (κ2) is 4.92. The highest BCUT2D eigenvalue weighted by Crippen LogP contribution is 2.30. The van der Waals surface area contributed by atoms with E-state index in [4.69, 9.17) is 5.73 Å². The molecule has 1 aliphatic heterocycles. The van der Waals surface area contributed by atoms with Crippen LogP contribution in [-0.4, -0.2) is 10.9 Å². The van der Waals surface area contributed by atoms with Gasteiger partial charge in [0.05, 0.1) is 12.2 Å². The Morgan fingerprint density at radius 1 is 1.30 bits per heavy atom. The van der Waals surface area contributed by atoms with Crippen molar-refractivity contribution < 1.29 is 9.18 Å². The number of rotatable bonds is 2. The maximum atomic E-state index is 13.4. The lowest BCUT2D eigenvalue weighted by Crippen LogP contribution is -2.34. The van der Waals surface area contributed by atoms with Crippen LogP contribution in [0.2, 0.25) is 0 Å². The number of nitrogens with two attached hydrogens (primary N) is 1. The minimum atomic E-state index is -0.345. The number of nitrogen functional groups attached to an aromatic ring is 1. The molecule has 1 aliphatic rings. The molecular weight excluding hydrogens is 257 g/mol. The number of nitrogens with zero attached hydrogens (tertiary/aromatic N) is 2. The van der Waals surface area contributed by atoms with Crippen molar-refractivity contribution in [3.63, 3.8) is 0 Å². The van der Waals surface area contributed by atoms with Crippen LogP contribution in [0.15, 0.2) is 36.5 Å². The molecule has 0 atom stereocenters. The maximum absolute atomic E-state index is 13.4. The van der Waals surface area contributed by atoms with Crippen molar-refractivity contribution >= 4 is 17.4 Å². The molecule has 20 heavy (non-hydrogen) atoms. The number of carbonyl (C=O) groups is 1. The molecule has 102 valence electrons. The number of amides is 1. The van der Waals surface area contributed by atoms with Gasteiger partial charge in [-0.2, -0.15) is 0 Å². The number of carbonyl (C=O) groups excluding carboxylic acids is 1. The first-order valence-electron chi connectivity index (χ1n) is 6.43. The van der Waals surface area contributed by atoms with Gasteiger partial charge in [-0.3, -0.25) is 4.79 Å². The fraction of sp³-hybridized carbons (Fsp3) is 0.200. The Morgan fingerprint density at radius 3 is 2.95 bits per heavy atom. The largest absolute Gasteiger partial charge is 0.383 e. The number of halogens is 1. The van der Waals surface area contributed by atoms with Crippen LogP contribution >= 0.6 is 0 Å². The van der Waals surface area contributed by atoms with Crippen molar-refractivity contribution in [1.29, 1.82) is 0 Å². The summed E-state index contributed by atoms with van der Waals surface area (Å²) in [6.45, 7) is 0.314. The smallest absolute Gasteiger partial charge is 0.227 e. The van der Waals surface area contributed by atoms with Gasteiger partial charge in [-0.1, -0.05) is 12.1 Å². The Kier molecular flexibility index (Phi) is 3.10. The van der Waals surface area contributed by atoms with E-state index in [1.807, 2.05) is 6.07 Å². The molecule has 0 unspecified atom stereocenters. The van der Waals surface area contributed by atoms with E-state index in [1.54, 1.807) is 23.2 Å². The van der Waals surface area contributed by atoms with Gasteiger partial charge in [0, 0.05) is 18.2 Å². The summed E-state index contributed by atoms with van der Waals surface area (Å²) in [5.74, 6) is 0.0257. The van der Waals surface area contributed by atoms with Crippen molar-refractivity contribution in [3.8, 4) is 0 Å². The first kappa shape index (κ1) is 12.6. The van der Waals surface area contributed by atoms with Gasteiger partial charge in [0.25, 0.3) is 0 Å². The topological polar surface area (TPSA) is 59.2 Å². The average molecular weight is 271 g/mol. The van der Waals surface area contributed by atoms with Crippen molar-refractivity contribution in [2.75, 3.05) is 10.6 Å². The molecule has 0 radical (unpaired) electrons. The fourth-order valence-corrected chi connectivity index (χ4v) is 2.44. The summed E-state index contributed by atoms with van der Waals surface area (Å²) >= 11 is 0. The number of anilines is 2. The number of hydrogen-bond acceptors (Lipinski definition) is 3. The molecule has 0 spiro atoms. The van der Waals surface area contributed by atoms with E-state index in [0.29, 0.717) is 30.9 Å². The van der Waals surface area contributed by atoms with Gasteiger partial charge in [0.2, 0.25) is 5.91 Å². The number of aryl methyl sites for hydroxylation is 1. The number of hydrogen-bond donors (Lipinski definition) is 1. The molecule has 4 nitrogen and oxygen atoms in total. The number of aromatic nitrogens is 1. The van der Waals surface area contributed by atoms with Crippen molar-refractivity contribution in [3.05, 3.63) is 53.5 Å². The minimum Gasteiger partial charge on any atom is -0.383 e. The lowest BCUT2D eigenvalue weighted by molar-refractivity contribution is -0.119. The molecule has 2 aromatic rings. The van der Waals surface area contributed by atoms with Gasteiger partial charge in [-0.25, -0.2) is 9.37 Å². The molecule has 1 amide bonds. The fourth-order valence-electron chi connectivity index (χ4n) is 2.44. The Bertz CT molecular complexity index is 672. The molecule has 1 aromatic heterocycles. The summed E-state index contributed by atoms with van der Waals surface area (Å²) in [6.07, 6.45) is 2.68. The van der Waals surface area contributed by atoms with Gasteiger partial charge in [-0.15, -0.1) is 0 Å². The van der Waals surface area contributed by atoms with Gasteiger partial charge in [0.15, 0.2) is 0 Å². The van der Waals surface area contributed by atoms with Crippen molar-refractivity contribution in [2.45, 2.75) is 19.4 Å². The minimum absolute atomic E-state index is 0.0219. The Labute approximate surface area is 116 Å². The quantitative estimate of drug-likeness (QED) is 0.911. The zero-order chi connectivity index (χ0) is 14.1. The van der Waals surface area contributed by atoms with Crippen LogP contribution in [0.25, 0.3) is 0 Å². The maximum Gasteiger partial charge on any atom is 0.227 e. The highest BCUT2D eigenvalue weighted by Gasteiger charge is 2.25. The van der Waals surface area contributed by atoms with Crippen LogP contribution in [0.4, 0.5) is 15.9 Å². The summed E-state index contributed by atoms with van der Waals surface area (Å²) in [6, 6.07) is 8.15. The zero-order valence-corrected chi connectivity index (χ0v) is 10.8. The van der Waals surface area contributed by atoms with Crippen LogP contribution in [0.5, 0.6) is 0 Å². The highest BCUT2D eigenvalue weighted by atomic mass is 19.1. The third-order valence-electron chi connectivity index (χ3n) is 3.50. The molecule has 2 N–H and O–H groups in total.